The molecule has 10 heteroatoms. The molecule has 0 spiro atoms. The van der Waals surface area contributed by atoms with Crippen LogP contribution in [0.3, 0.4) is 0 Å². The fourth-order valence-electron chi connectivity index (χ4n) is 2.33. The predicted octanol–water partition coefficient (Wildman–Crippen LogP) is 3.63. The molecule has 0 aliphatic carbocycles. The summed E-state index contributed by atoms with van der Waals surface area (Å²) in [5.74, 6) is 0.435. The third kappa shape index (κ3) is 8.12. The summed E-state index contributed by atoms with van der Waals surface area (Å²) in [6.45, 7) is 0.653. The van der Waals surface area contributed by atoms with Crippen molar-refractivity contribution in [3.8, 4) is 5.75 Å². The number of sulfonamides is 1. The molecule has 0 bridgehead atoms. The predicted molar refractivity (Wildman–Crippen MR) is 102 cm³/mol. The Morgan fingerprint density at radius 2 is 1.79 bits per heavy atom. The van der Waals surface area contributed by atoms with E-state index in [4.69, 9.17) is 4.74 Å². The van der Waals surface area contributed by atoms with Gasteiger partial charge in [-0.05, 0) is 55.3 Å². The summed E-state index contributed by atoms with van der Waals surface area (Å²) in [4.78, 5) is 11.6. The largest absolute Gasteiger partial charge is 0.494 e. The Hall–Kier alpha value is -2.59. The van der Waals surface area contributed by atoms with Crippen molar-refractivity contribution in [2.24, 2.45) is 0 Å². The Kier molecular flexibility index (Phi) is 7.63. The van der Waals surface area contributed by atoms with Crippen LogP contribution in [0.25, 0.3) is 0 Å². The first kappa shape index (κ1) is 22.7. The lowest BCUT2D eigenvalue weighted by Gasteiger charge is -2.10. The van der Waals surface area contributed by atoms with E-state index in [1.165, 1.54) is 16.9 Å². The van der Waals surface area contributed by atoms with Crippen LogP contribution in [0.2, 0.25) is 0 Å². The van der Waals surface area contributed by atoms with E-state index in [1.807, 2.05) is 31.2 Å². The van der Waals surface area contributed by atoms with Crippen LogP contribution < -0.4 is 14.8 Å². The average Bonchev–Trinajstić information content (AvgIpc) is 2.64. The maximum Gasteiger partial charge on any atom is 0.402 e. The zero-order chi connectivity index (χ0) is 21.5. The molecule has 0 aliphatic rings. The van der Waals surface area contributed by atoms with Gasteiger partial charge in [-0.25, -0.2) is 13.1 Å². The molecule has 0 saturated heterocycles. The van der Waals surface area contributed by atoms with E-state index in [0.717, 1.165) is 23.4 Å². The van der Waals surface area contributed by atoms with Gasteiger partial charge in [-0.1, -0.05) is 12.1 Å². The monoisotopic (exact) mass is 430 g/mol. The summed E-state index contributed by atoms with van der Waals surface area (Å²) >= 11 is 0. The molecule has 2 N–H and O–H groups in total. The molecule has 158 valence electrons. The van der Waals surface area contributed by atoms with Crippen LogP contribution in [0.5, 0.6) is 5.75 Å². The molecule has 2 rings (SSSR count). The Morgan fingerprint density at radius 3 is 2.41 bits per heavy atom. The number of alkyl halides is 3. The number of anilines is 1. The second kappa shape index (κ2) is 9.75. The topological polar surface area (TPSA) is 84.5 Å². The first-order valence-corrected chi connectivity index (χ1v) is 10.2. The number of hydrogen-bond acceptors (Lipinski definition) is 4. The standard InChI is InChI=1S/C19H21F3N2O4S/c1-14-4-2-5-16(12-14)28-11-3-6-18(25)24-15-7-9-17(10-8-15)29(26,27)23-13-19(20,21)22/h2,4-5,7-10,12,23H,3,6,11,13H2,1H3,(H,24,25). The molecule has 0 fully saturated rings. The number of ether oxygens (including phenoxy) is 1. The first-order valence-electron chi connectivity index (χ1n) is 8.71. The molecule has 2 aromatic rings. The molecule has 0 radical (unpaired) electrons. The lowest BCUT2D eigenvalue weighted by molar-refractivity contribution is -0.121. The number of amides is 1. The molecule has 2 aromatic carbocycles. The van der Waals surface area contributed by atoms with Crippen molar-refractivity contribution in [1.82, 2.24) is 4.72 Å². The van der Waals surface area contributed by atoms with Gasteiger partial charge in [-0.3, -0.25) is 4.79 Å². The van der Waals surface area contributed by atoms with E-state index in [-0.39, 0.29) is 17.2 Å². The van der Waals surface area contributed by atoms with Gasteiger partial charge in [0.05, 0.1) is 11.5 Å². The first-order chi connectivity index (χ1) is 13.5. The Bertz CT molecular complexity index is 929. The van der Waals surface area contributed by atoms with Gasteiger partial charge >= 0.3 is 6.18 Å². The van der Waals surface area contributed by atoms with E-state index in [2.05, 4.69) is 5.32 Å². The van der Waals surface area contributed by atoms with Crippen LogP contribution in [0.1, 0.15) is 18.4 Å². The SMILES string of the molecule is Cc1cccc(OCCCC(=O)Nc2ccc(S(=O)(=O)NCC(F)(F)F)cc2)c1. The third-order valence-electron chi connectivity index (χ3n) is 3.72. The highest BCUT2D eigenvalue weighted by Crippen LogP contribution is 2.17. The van der Waals surface area contributed by atoms with E-state index < -0.39 is 22.7 Å². The highest BCUT2D eigenvalue weighted by molar-refractivity contribution is 7.89. The van der Waals surface area contributed by atoms with Crippen molar-refractivity contribution in [1.29, 1.82) is 0 Å². The van der Waals surface area contributed by atoms with Crippen molar-refractivity contribution < 1.29 is 31.1 Å². The number of carbonyl (C=O) groups is 1. The average molecular weight is 430 g/mol. The zero-order valence-corrected chi connectivity index (χ0v) is 16.4. The van der Waals surface area contributed by atoms with Gasteiger partial charge < -0.3 is 10.1 Å². The summed E-state index contributed by atoms with van der Waals surface area (Å²) in [7, 11) is -4.28. The highest BCUT2D eigenvalue weighted by atomic mass is 32.2. The molecule has 0 aliphatic heterocycles. The van der Waals surface area contributed by atoms with Crippen LogP contribution in [0.15, 0.2) is 53.4 Å². The van der Waals surface area contributed by atoms with E-state index in [0.29, 0.717) is 18.7 Å². The van der Waals surface area contributed by atoms with Crippen molar-refractivity contribution >= 4 is 21.6 Å². The second-order valence-electron chi connectivity index (χ2n) is 6.28. The molecule has 0 unspecified atom stereocenters. The Balaban J connectivity index is 1.79. The summed E-state index contributed by atoms with van der Waals surface area (Å²) in [5.41, 5.74) is 1.41. The van der Waals surface area contributed by atoms with Gasteiger partial charge in [0.1, 0.15) is 12.3 Å². The quantitative estimate of drug-likeness (QED) is 0.595. The van der Waals surface area contributed by atoms with Crippen molar-refractivity contribution in [2.45, 2.75) is 30.8 Å². The minimum atomic E-state index is -4.65. The molecular weight excluding hydrogens is 409 g/mol. The number of rotatable bonds is 9. The number of benzene rings is 2. The maximum atomic E-state index is 12.2. The molecule has 0 heterocycles. The zero-order valence-electron chi connectivity index (χ0n) is 15.6. The molecule has 6 nitrogen and oxygen atoms in total. The molecule has 0 aromatic heterocycles. The lowest BCUT2D eigenvalue weighted by Crippen LogP contribution is -2.33. The van der Waals surface area contributed by atoms with Crippen LogP contribution in [0, 0.1) is 6.92 Å². The molecule has 0 atom stereocenters. The van der Waals surface area contributed by atoms with E-state index >= 15 is 0 Å². The van der Waals surface area contributed by atoms with Crippen molar-refractivity contribution in [3.63, 3.8) is 0 Å². The van der Waals surface area contributed by atoms with Gasteiger partial charge in [-0.2, -0.15) is 13.2 Å². The summed E-state index contributed by atoms with van der Waals surface area (Å²) < 4.78 is 67.2. The number of halogens is 3. The number of hydrogen-bond donors (Lipinski definition) is 2. The normalized spacial score (nSPS) is 11.9. The van der Waals surface area contributed by atoms with Crippen LogP contribution in [-0.2, 0) is 14.8 Å². The maximum absolute atomic E-state index is 12.2. The van der Waals surface area contributed by atoms with Gasteiger partial charge in [-0.15, -0.1) is 0 Å². The number of carbonyl (C=O) groups excluding carboxylic acids is 1. The number of nitrogens with one attached hydrogen (secondary N) is 2. The van der Waals surface area contributed by atoms with Crippen LogP contribution in [0.4, 0.5) is 18.9 Å². The minimum absolute atomic E-state index is 0.193. The number of aryl methyl sites for hydroxylation is 1. The Morgan fingerprint density at radius 1 is 1.10 bits per heavy atom. The van der Waals surface area contributed by atoms with E-state index in [1.54, 1.807) is 0 Å². The Labute approximate surface area is 167 Å². The van der Waals surface area contributed by atoms with Crippen molar-refractivity contribution in [2.75, 3.05) is 18.5 Å². The van der Waals surface area contributed by atoms with Gasteiger partial charge in [0, 0.05) is 12.1 Å². The van der Waals surface area contributed by atoms with Gasteiger partial charge in [0.15, 0.2) is 0 Å². The summed E-state index contributed by atoms with van der Waals surface area (Å²) in [5, 5.41) is 2.59. The van der Waals surface area contributed by atoms with Crippen LogP contribution in [-0.4, -0.2) is 33.7 Å². The lowest BCUT2D eigenvalue weighted by atomic mass is 10.2. The molecular formula is C19H21F3N2O4S. The van der Waals surface area contributed by atoms with Gasteiger partial charge in [0.25, 0.3) is 0 Å². The van der Waals surface area contributed by atoms with Gasteiger partial charge in [0.2, 0.25) is 15.9 Å². The van der Waals surface area contributed by atoms with E-state index in [9.17, 15) is 26.4 Å². The summed E-state index contributed by atoms with van der Waals surface area (Å²) in [6, 6.07) is 12.4. The minimum Gasteiger partial charge on any atom is -0.494 e. The fourth-order valence-corrected chi connectivity index (χ4v) is 3.34. The smallest absolute Gasteiger partial charge is 0.402 e. The van der Waals surface area contributed by atoms with Crippen molar-refractivity contribution in [3.05, 3.63) is 54.1 Å². The fraction of sp³-hybridized carbons (Fsp3) is 0.316. The highest BCUT2D eigenvalue weighted by Gasteiger charge is 2.30. The molecule has 29 heavy (non-hydrogen) atoms. The summed E-state index contributed by atoms with van der Waals surface area (Å²) in [6.07, 6.45) is -3.98. The molecule has 0 saturated carbocycles. The molecule has 1 amide bonds. The van der Waals surface area contributed by atoms with Crippen LogP contribution >= 0.6 is 0 Å². The second-order valence-corrected chi connectivity index (χ2v) is 8.05. The third-order valence-corrected chi connectivity index (χ3v) is 5.13.